The Labute approximate surface area is 139 Å². The molecular weight excluding hydrogens is 312 g/mol. The lowest BCUT2D eigenvalue weighted by atomic mass is 10.1. The van der Waals surface area contributed by atoms with E-state index in [0.717, 1.165) is 41.4 Å². The number of nitro groups is 1. The Morgan fingerprint density at radius 1 is 1.43 bits per heavy atom. The predicted molar refractivity (Wildman–Crippen MR) is 94.5 cm³/mol. The standard InChI is InChI=1S/C16H20N4O2S/c1-3-9-23-10-8-17-11-14-12-19(2)18-16(14)13-4-6-15(7-5-13)20(21)22/h3-7,12,17H,1,8-11H2,2H3. The molecule has 1 heterocycles. The van der Waals surface area contributed by atoms with Gasteiger partial charge in [0.05, 0.1) is 10.6 Å². The molecule has 0 aliphatic heterocycles. The van der Waals surface area contributed by atoms with E-state index in [4.69, 9.17) is 0 Å². The zero-order valence-electron chi connectivity index (χ0n) is 13.1. The molecular formula is C16H20N4O2S. The fourth-order valence-electron chi connectivity index (χ4n) is 2.19. The van der Waals surface area contributed by atoms with Crippen LogP contribution in [0.3, 0.4) is 0 Å². The van der Waals surface area contributed by atoms with Crippen LogP contribution in [0.15, 0.2) is 43.1 Å². The molecule has 2 rings (SSSR count). The van der Waals surface area contributed by atoms with Crippen LogP contribution < -0.4 is 5.32 Å². The van der Waals surface area contributed by atoms with Gasteiger partial charge in [0, 0.05) is 61.1 Å². The Morgan fingerprint density at radius 2 is 2.17 bits per heavy atom. The van der Waals surface area contributed by atoms with Gasteiger partial charge in [0.1, 0.15) is 0 Å². The number of hydrogen-bond acceptors (Lipinski definition) is 5. The molecule has 23 heavy (non-hydrogen) atoms. The molecule has 1 N–H and O–H groups in total. The lowest BCUT2D eigenvalue weighted by Gasteiger charge is -2.05. The van der Waals surface area contributed by atoms with Crippen molar-refractivity contribution in [1.82, 2.24) is 15.1 Å². The molecule has 0 spiro atoms. The average Bonchev–Trinajstić information content (AvgIpc) is 2.91. The van der Waals surface area contributed by atoms with Gasteiger partial charge in [0.15, 0.2) is 0 Å². The minimum atomic E-state index is -0.397. The first-order valence-electron chi connectivity index (χ1n) is 7.28. The topological polar surface area (TPSA) is 73.0 Å². The SMILES string of the molecule is C=CCSCCNCc1cn(C)nc1-c1ccc([N+](=O)[O-])cc1. The fourth-order valence-corrected chi connectivity index (χ4v) is 2.81. The summed E-state index contributed by atoms with van der Waals surface area (Å²) in [5, 5.41) is 18.6. The lowest BCUT2D eigenvalue weighted by molar-refractivity contribution is -0.384. The molecule has 0 saturated heterocycles. The van der Waals surface area contributed by atoms with Gasteiger partial charge in [0.2, 0.25) is 0 Å². The highest BCUT2D eigenvalue weighted by Crippen LogP contribution is 2.24. The first kappa shape index (κ1) is 17.2. The number of non-ortho nitro benzene ring substituents is 1. The first-order valence-corrected chi connectivity index (χ1v) is 8.44. The molecule has 122 valence electrons. The van der Waals surface area contributed by atoms with Gasteiger partial charge in [-0.15, -0.1) is 6.58 Å². The molecule has 0 radical (unpaired) electrons. The van der Waals surface area contributed by atoms with E-state index in [0.29, 0.717) is 0 Å². The van der Waals surface area contributed by atoms with Crippen LogP contribution in [-0.2, 0) is 13.6 Å². The molecule has 0 unspecified atom stereocenters. The molecule has 0 bridgehead atoms. The van der Waals surface area contributed by atoms with E-state index in [1.807, 2.05) is 31.1 Å². The number of nitrogens with zero attached hydrogens (tertiary/aromatic N) is 3. The van der Waals surface area contributed by atoms with Gasteiger partial charge in [-0.2, -0.15) is 16.9 Å². The Morgan fingerprint density at radius 3 is 2.83 bits per heavy atom. The number of nitro benzene ring substituents is 1. The monoisotopic (exact) mass is 332 g/mol. The maximum atomic E-state index is 10.7. The van der Waals surface area contributed by atoms with Crippen LogP contribution in [0.5, 0.6) is 0 Å². The largest absolute Gasteiger partial charge is 0.312 e. The number of hydrogen-bond donors (Lipinski definition) is 1. The molecule has 2 aromatic rings. The summed E-state index contributed by atoms with van der Waals surface area (Å²) in [4.78, 5) is 10.3. The predicted octanol–water partition coefficient (Wildman–Crippen LogP) is 3.00. The lowest BCUT2D eigenvalue weighted by Crippen LogP contribution is -2.16. The van der Waals surface area contributed by atoms with E-state index >= 15 is 0 Å². The van der Waals surface area contributed by atoms with E-state index in [9.17, 15) is 10.1 Å². The molecule has 0 aliphatic rings. The van der Waals surface area contributed by atoms with Gasteiger partial charge in [0.25, 0.3) is 5.69 Å². The van der Waals surface area contributed by atoms with Crippen molar-refractivity contribution in [2.45, 2.75) is 6.54 Å². The molecule has 0 amide bonds. The van der Waals surface area contributed by atoms with E-state index in [1.54, 1.807) is 16.8 Å². The van der Waals surface area contributed by atoms with Crippen LogP contribution in [0.4, 0.5) is 5.69 Å². The molecule has 1 aromatic heterocycles. The summed E-state index contributed by atoms with van der Waals surface area (Å²) in [5.41, 5.74) is 2.90. The van der Waals surface area contributed by atoms with Crippen molar-refractivity contribution >= 4 is 17.4 Å². The van der Waals surface area contributed by atoms with Crippen LogP contribution >= 0.6 is 11.8 Å². The number of aromatic nitrogens is 2. The second-order valence-electron chi connectivity index (χ2n) is 5.02. The van der Waals surface area contributed by atoms with Crippen LogP contribution in [0, 0.1) is 10.1 Å². The number of nitrogens with one attached hydrogen (secondary N) is 1. The molecule has 0 saturated carbocycles. The van der Waals surface area contributed by atoms with Crippen LogP contribution in [-0.4, -0.2) is 32.8 Å². The van der Waals surface area contributed by atoms with Gasteiger partial charge in [-0.05, 0) is 12.1 Å². The van der Waals surface area contributed by atoms with Gasteiger partial charge in [-0.25, -0.2) is 0 Å². The fraction of sp³-hybridized carbons (Fsp3) is 0.312. The van der Waals surface area contributed by atoms with E-state index in [1.165, 1.54) is 12.1 Å². The zero-order valence-corrected chi connectivity index (χ0v) is 13.9. The van der Waals surface area contributed by atoms with Crippen molar-refractivity contribution in [3.63, 3.8) is 0 Å². The third-order valence-electron chi connectivity index (χ3n) is 3.23. The molecule has 0 aliphatic carbocycles. The first-order chi connectivity index (χ1) is 11.1. The van der Waals surface area contributed by atoms with Crippen molar-refractivity contribution in [3.05, 3.63) is 58.8 Å². The molecule has 0 fully saturated rings. The molecule has 6 nitrogen and oxygen atoms in total. The van der Waals surface area contributed by atoms with E-state index in [2.05, 4.69) is 17.0 Å². The summed E-state index contributed by atoms with van der Waals surface area (Å²) in [6.07, 6.45) is 3.87. The van der Waals surface area contributed by atoms with E-state index in [-0.39, 0.29) is 5.69 Å². The smallest absolute Gasteiger partial charge is 0.269 e. The Bertz CT molecular complexity index is 667. The van der Waals surface area contributed by atoms with Gasteiger partial charge < -0.3 is 5.32 Å². The Hall–Kier alpha value is -2.12. The maximum absolute atomic E-state index is 10.7. The summed E-state index contributed by atoms with van der Waals surface area (Å²) in [7, 11) is 1.87. The van der Waals surface area contributed by atoms with Crippen molar-refractivity contribution in [1.29, 1.82) is 0 Å². The number of benzene rings is 1. The quantitative estimate of drug-likeness (QED) is 0.331. The summed E-state index contributed by atoms with van der Waals surface area (Å²) in [5.74, 6) is 1.99. The highest BCUT2D eigenvalue weighted by molar-refractivity contribution is 7.99. The summed E-state index contributed by atoms with van der Waals surface area (Å²) >= 11 is 1.83. The number of thioether (sulfide) groups is 1. The second kappa shape index (κ2) is 8.50. The number of rotatable bonds is 9. The van der Waals surface area contributed by atoms with Crippen LogP contribution in [0.1, 0.15) is 5.56 Å². The van der Waals surface area contributed by atoms with Gasteiger partial charge in [-0.1, -0.05) is 6.08 Å². The minimum Gasteiger partial charge on any atom is -0.312 e. The second-order valence-corrected chi connectivity index (χ2v) is 6.17. The highest BCUT2D eigenvalue weighted by atomic mass is 32.2. The zero-order chi connectivity index (χ0) is 16.7. The van der Waals surface area contributed by atoms with Crippen molar-refractivity contribution in [2.75, 3.05) is 18.1 Å². The number of aryl methyl sites for hydroxylation is 1. The molecule has 0 atom stereocenters. The summed E-state index contributed by atoms with van der Waals surface area (Å²) in [6.45, 7) is 5.32. The highest BCUT2D eigenvalue weighted by Gasteiger charge is 2.12. The Kier molecular flexibility index (Phi) is 6.37. The molecule has 1 aromatic carbocycles. The van der Waals surface area contributed by atoms with Crippen molar-refractivity contribution in [3.8, 4) is 11.3 Å². The Balaban J connectivity index is 2.02. The summed E-state index contributed by atoms with van der Waals surface area (Å²) < 4.78 is 1.76. The van der Waals surface area contributed by atoms with Gasteiger partial charge in [-0.3, -0.25) is 14.8 Å². The maximum Gasteiger partial charge on any atom is 0.269 e. The third-order valence-corrected chi connectivity index (χ3v) is 4.19. The van der Waals surface area contributed by atoms with Crippen LogP contribution in [0.25, 0.3) is 11.3 Å². The van der Waals surface area contributed by atoms with Crippen molar-refractivity contribution in [2.24, 2.45) is 7.05 Å². The van der Waals surface area contributed by atoms with Crippen LogP contribution in [0.2, 0.25) is 0 Å². The van der Waals surface area contributed by atoms with E-state index < -0.39 is 4.92 Å². The van der Waals surface area contributed by atoms with Crippen molar-refractivity contribution < 1.29 is 4.92 Å². The third kappa shape index (κ3) is 4.94. The summed E-state index contributed by atoms with van der Waals surface area (Å²) in [6, 6.07) is 6.49. The minimum absolute atomic E-state index is 0.0867. The van der Waals surface area contributed by atoms with Gasteiger partial charge >= 0.3 is 0 Å². The average molecular weight is 332 g/mol. The molecule has 7 heteroatoms. The normalized spacial score (nSPS) is 10.7.